The highest BCUT2D eigenvalue weighted by Crippen LogP contribution is 2.49. The van der Waals surface area contributed by atoms with Crippen LogP contribution in [0.2, 0.25) is 0 Å². The summed E-state index contributed by atoms with van der Waals surface area (Å²) in [5, 5.41) is 0. The number of unbranched alkanes of at least 4 members (excludes halogenated alkanes) is 4. The predicted molar refractivity (Wildman–Crippen MR) is 140 cm³/mol. The van der Waals surface area contributed by atoms with Gasteiger partial charge in [-0.2, -0.15) is 0 Å². The third kappa shape index (κ3) is 7.07. The lowest BCUT2D eigenvalue weighted by atomic mass is 9.63. The van der Waals surface area contributed by atoms with Crippen molar-refractivity contribution in [2.75, 3.05) is 0 Å². The summed E-state index contributed by atoms with van der Waals surface area (Å²) in [5.41, 5.74) is 1.06. The number of benzene rings is 1. The van der Waals surface area contributed by atoms with Crippen LogP contribution in [0.5, 0.6) is 0 Å². The Morgan fingerprint density at radius 1 is 0.647 bits per heavy atom. The van der Waals surface area contributed by atoms with Crippen molar-refractivity contribution in [2.24, 2.45) is 29.6 Å². The molecule has 3 saturated carbocycles. The second-order valence-electron chi connectivity index (χ2n) is 12.5. The molecular weight excluding hydrogens is 422 g/mol. The Hall–Kier alpha value is -0.920. The van der Waals surface area contributed by atoms with Gasteiger partial charge in [0.1, 0.15) is 11.6 Å². The van der Waals surface area contributed by atoms with E-state index in [9.17, 15) is 8.78 Å². The van der Waals surface area contributed by atoms with E-state index < -0.39 is 0 Å². The molecule has 3 aliphatic rings. The van der Waals surface area contributed by atoms with E-state index in [2.05, 4.69) is 6.92 Å². The monoisotopic (exact) mass is 472 g/mol. The first-order valence-corrected chi connectivity index (χ1v) is 15.0. The number of halogens is 2. The zero-order valence-electron chi connectivity index (χ0n) is 22.1. The van der Waals surface area contributed by atoms with E-state index in [1.54, 1.807) is 12.1 Å². The molecule has 4 unspecified atom stereocenters. The number of hydrogen-bond donors (Lipinski definition) is 0. The van der Waals surface area contributed by atoms with Crippen molar-refractivity contribution in [3.05, 3.63) is 34.9 Å². The van der Waals surface area contributed by atoms with Gasteiger partial charge in [0.15, 0.2) is 0 Å². The Morgan fingerprint density at radius 3 is 1.91 bits per heavy atom. The molecule has 0 heterocycles. The highest BCUT2D eigenvalue weighted by atomic mass is 19.1. The Labute approximate surface area is 208 Å². The largest absolute Gasteiger partial charge is 0.207 e. The number of rotatable bonds is 10. The van der Waals surface area contributed by atoms with Crippen LogP contribution in [0, 0.1) is 48.1 Å². The van der Waals surface area contributed by atoms with Crippen LogP contribution in [0.15, 0.2) is 12.1 Å². The Morgan fingerprint density at radius 2 is 1.21 bits per heavy atom. The summed E-state index contributed by atoms with van der Waals surface area (Å²) in [6, 6.07) is 3.21. The first-order chi connectivity index (χ1) is 16.5. The minimum atomic E-state index is -0.373. The fraction of sp³-hybridized carbons (Fsp3) is 0.812. The van der Waals surface area contributed by atoms with E-state index in [4.69, 9.17) is 0 Å². The molecule has 3 fully saturated rings. The molecule has 4 rings (SSSR count). The lowest BCUT2D eigenvalue weighted by molar-refractivity contribution is 0.108. The molecular formula is C32H50F2. The van der Waals surface area contributed by atoms with Gasteiger partial charge < -0.3 is 0 Å². The van der Waals surface area contributed by atoms with E-state index in [0.717, 1.165) is 48.0 Å². The van der Waals surface area contributed by atoms with Crippen molar-refractivity contribution in [3.8, 4) is 0 Å². The maximum Gasteiger partial charge on any atom is 0.129 e. The van der Waals surface area contributed by atoms with Gasteiger partial charge in [-0.15, -0.1) is 0 Å². The molecule has 0 N–H and O–H groups in total. The molecule has 0 aliphatic heterocycles. The first kappa shape index (κ1) is 26.2. The van der Waals surface area contributed by atoms with Gasteiger partial charge in [-0.05, 0) is 92.2 Å². The molecule has 1 aromatic rings. The number of fused-ring (bicyclic) bond motifs is 1. The maximum atomic E-state index is 14.1. The van der Waals surface area contributed by atoms with E-state index in [1.807, 2.05) is 0 Å². The average Bonchev–Trinajstić information content (AvgIpc) is 2.86. The summed E-state index contributed by atoms with van der Waals surface area (Å²) in [6.07, 6.45) is 25.2. The fourth-order valence-electron chi connectivity index (χ4n) is 7.77. The molecule has 0 saturated heterocycles. The van der Waals surface area contributed by atoms with Gasteiger partial charge in [0.05, 0.1) is 0 Å². The summed E-state index contributed by atoms with van der Waals surface area (Å²) in [4.78, 5) is 0. The van der Waals surface area contributed by atoms with E-state index >= 15 is 0 Å². The number of hydrogen-bond acceptors (Lipinski definition) is 0. The molecule has 4 atom stereocenters. The highest BCUT2D eigenvalue weighted by molar-refractivity contribution is 5.28. The van der Waals surface area contributed by atoms with Crippen LogP contribution in [0.25, 0.3) is 0 Å². The fourth-order valence-corrected chi connectivity index (χ4v) is 7.77. The standard InChI is InChI=1S/C32H50F2/c1-3-4-5-6-7-8-24-9-11-25(12-10-24)13-14-26-15-16-28-20-29(18-17-27(28)19-26)30-21-31(33)23(2)32(34)22-30/h21-22,24-29H,3-20H2,1-2H3. The summed E-state index contributed by atoms with van der Waals surface area (Å²) in [5.74, 6) is 4.19. The first-order valence-electron chi connectivity index (χ1n) is 15.0. The minimum absolute atomic E-state index is 0.161. The predicted octanol–water partition coefficient (Wildman–Crippen LogP) is 10.5. The van der Waals surface area contributed by atoms with E-state index in [-0.39, 0.29) is 17.2 Å². The van der Waals surface area contributed by atoms with Crippen LogP contribution in [-0.4, -0.2) is 0 Å². The van der Waals surface area contributed by atoms with Gasteiger partial charge in [-0.1, -0.05) is 90.4 Å². The van der Waals surface area contributed by atoms with Crippen molar-refractivity contribution in [2.45, 2.75) is 135 Å². The molecule has 2 heteroatoms. The zero-order chi connectivity index (χ0) is 23.9. The van der Waals surface area contributed by atoms with E-state index in [0.29, 0.717) is 5.92 Å². The van der Waals surface area contributed by atoms with Crippen molar-refractivity contribution in [1.29, 1.82) is 0 Å². The molecule has 0 spiro atoms. The average molecular weight is 473 g/mol. The normalized spacial score (nSPS) is 31.9. The van der Waals surface area contributed by atoms with Gasteiger partial charge in [0.2, 0.25) is 0 Å². The second-order valence-corrected chi connectivity index (χ2v) is 12.5. The Balaban J connectivity index is 1.14. The van der Waals surface area contributed by atoms with Crippen molar-refractivity contribution < 1.29 is 8.78 Å². The van der Waals surface area contributed by atoms with E-state index in [1.165, 1.54) is 110 Å². The summed E-state index contributed by atoms with van der Waals surface area (Å²) < 4.78 is 28.2. The molecule has 1 aromatic carbocycles. The molecule has 0 radical (unpaired) electrons. The van der Waals surface area contributed by atoms with Gasteiger partial charge in [-0.3, -0.25) is 0 Å². The van der Waals surface area contributed by atoms with Crippen LogP contribution in [0.3, 0.4) is 0 Å². The SMILES string of the molecule is CCCCCCCC1CCC(CCC2CCC3CC(c4cc(F)c(C)c(F)c4)CCC3C2)CC1. The van der Waals surface area contributed by atoms with Crippen molar-refractivity contribution in [1.82, 2.24) is 0 Å². The van der Waals surface area contributed by atoms with Gasteiger partial charge >= 0.3 is 0 Å². The summed E-state index contributed by atoms with van der Waals surface area (Å²) in [7, 11) is 0. The van der Waals surface area contributed by atoms with Crippen LogP contribution >= 0.6 is 0 Å². The molecule has 34 heavy (non-hydrogen) atoms. The van der Waals surface area contributed by atoms with Crippen molar-refractivity contribution >= 4 is 0 Å². The third-order valence-corrected chi connectivity index (χ3v) is 10.2. The van der Waals surface area contributed by atoms with Gasteiger partial charge in [-0.25, -0.2) is 8.78 Å². The van der Waals surface area contributed by atoms with Crippen LogP contribution < -0.4 is 0 Å². The smallest absolute Gasteiger partial charge is 0.129 e. The second kappa shape index (κ2) is 12.9. The molecule has 3 aliphatic carbocycles. The highest BCUT2D eigenvalue weighted by Gasteiger charge is 2.36. The molecule has 0 aromatic heterocycles. The topological polar surface area (TPSA) is 0 Å². The zero-order valence-corrected chi connectivity index (χ0v) is 22.1. The Bertz CT molecular complexity index is 724. The van der Waals surface area contributed by atoms with Crippen LogP contribution in [0.1, 0.15) is 140 Å². The van der Waals surface area contributed by atoms with Crippen molar-refractivity contribution in [3.63, 3.8) is 0 Å². The third-order valence-electron chi connectivity index (χ3n) is 10.2. The summed E-state index contributed by atoms with van der Waals surface area (Å²) in [6.45, 7) is 3.84. The quantitative estimate of drug-likeness (QED) is 0.297. The molecule has 192 valence electrons. The lowest BCUT2D eigenvalue weighted by Gasteiger charge is -2.43. The molecule has 0 nitrogen and oxygen atoms in total. The van der Waals surface area contributed by atoms with Crippen LogP contribution in [-0.2, 0) is 0 Å². The van der Waals surface area contributed by atoms with Gasteiger partial charge in [0.25, 0.3) is 0 Å². The molecule has 0 amide bonds. The minimum Gasteiger partial charge on any atom is -0.207 e. The van der Waals surface area contributed by atoms with Gasteiger partial charge in [0, 0.05) is 5.56 Å². The summed E-state index contributed by atoms with van der Waals surface area (Å²) >= 11 is 0. The maximum absolute atomic E-state index is 14.1. The lowest BCUT2D eigenvalue weighted by Crippen LogP contribution is -2.30. The Kier molecular flexibility index (Phi) is 9.89. The van der Waals surface area contributed by atoms with Crippen LogP contribution in [0.4, 0.5) is 8.78 Å². The molecule has 0 bridgehead atoms.